The summed E-state index contributed by atoms with van der Waals surface area (Å²) >= 11 is 0. The van der Waals surface area contributed by atoms with E-state index in [1.54, 1.807) is 0 Å². The van der Waals surface area contributed by atoms with Crippen LogP contribution in [0.1, 0.15) is 142 Å². The molecule has 0 aliphatic heterocycles. The van der Waals surface area contributed by atoms with Crippen LogP contribution >= 0.6 is 0 Å². The van der Waals surface area contributed by atoms with E-state index in [1.807, 2.05) is 12.2 Å². The van der Waals surface area contributed by atoms with Gasteiger partial charge < -0.3 is 14.6 Å². The first kappa shape index (κ1) is 46.6. The summed E-state index contributed by atoms with van der Waals surface area (Å²) < 4.78 is 10.5. The zero-order valence-corrected chi connectivity index (χ0v) is 31.6. The van der Waals surface area contributed by atoms with Gasteiger partial charge in [0.1, 0.15) is 6.61 Å². The summed E-state index contributed by atoms with van der Waals surface area (Å²) in [5, 5.41) is 9.54. The highest BCUT2D eigenvalue weighted by molar-refractivity contribution is 5.70. The monoisotopic (exact) mass is 691 g/mol. The van der Waals surface area contributed by atoms with Gasteiger partial charge in [-0.3, -0.25) is 9.59 Å². The lowest BCUT2D eigenvalue weighted by Crippen LogP contribution is -2.28. The number of hydrogen-bond acceptors (Lipinski definition) is 5. The van der Waals surface area contributed by atoms with E-state index in [2.05, 4.69) is 111 Å². The van der Waals surface area contributed by atoms with Crippen molar-refractivity contribution in [1.29, 1.82) is 0 Å². The van der Waals surface area contributed by atoms with E-state index in [9.17, 15) is 14.7 Å². The molecule has 5 heteroatoms. The zero-order chi connectivity index (χ0) is 36.4. The van der Waals surface area contributed by atoms with E-state index in [-0.39, 0.29) is 25.6 Å². The van der Waals surface area contributed by atoms with E-state index >= 15 is 0 Å². The minimum atomic E-state index is -0.828. The molecule has 0 bridgehead atoms. The number of esters is 2. The van der Waals surface area contributed by atoms with Crippen LogP contribution in [0.4, 0.5) is 0 Å². The number of carbonyl (C=O) groups is 2. The summed E-state index contributed by atoms with van der Waals surface area (Å²) in [6, 6.07) is 0. The third kappa shape index (κ3) is 37.4. The third-order valence-corrected chi connectivity index (χ3v) is 7.56. The normalized spacial score (nSPS) is 13.4. The Morgan fingerprint density at radius 3 is 1.36 bits per heavy atom. The number of ether oxygens (including phenoxy) is 2. The average Bonchev–Trinajstić information content (AvgIpc) is 3.12. The highest BCUT2D eigenvalue weighted by atomic mass is 16.6. The fraction of sp³-hybridized carbons (Fsp3) is 0.556. The maximum absolute atomic E-state index is 12.1. The molecule has 0 rings (SSSR count). The predicted octanol–water partition coefficient (Wildman–Crippen LogP) is 12.3. The van der Waals surface area contributed by atoms with E-state index in [0.29, 0.717) is 12.8 Å². The van der Waals surface area contributed by atoms with Gasteiger partial charge in [0.25, 0.3) is 0 Å². The molecule has 0 unspecified atom stereocenters. The molecule has 0 amide bonds. The molecule has 0 aromatic carbocycles. The Balaban J connectivity index is 3.78. The Labute approximate surface area is 306 Å². The summed E-state index contributed by atoms with van der Waals surface area (Å²) in [5.74, 6) is -0.727. The quantitative estimate of drug-likeness (QED) is 0.0421. The van der Waals surface area contributed by atoms with E-state index in [0.717, 1.165) is 83.5 Å². The highest BCUT2D eigenvalue weighted by Gasteiger charge is 2.15. The smallest absolute Gasteiger partial charge is 0.306 e. The molecular weight excluding hydrogens is 620 g/mol. The predicted molar refractivity (Wildman–Crippen MR) is 214 cm³/mol. The molecule has 0 fully saturated rings. The Morgan fingerprint density at radius 1 is 0.480 bits per heavy atom. The molecule has 0 saturated carbocycles. The van der Waals surface area contributed by atoms with Crippen LogP contribution in [-0.2, 0) is 19.1 Å². The van der Waals surface area contributed by atoms with Crippen LogP contribution in [0, 0.1) is 0 Å². The van der Waals surface area contributed by atoms with Gasteiger partial charge in [-0.1, -0.05) is 149 Å². The number of unbranched alkanes of at least 4 members (excludes halogenated alkanes) is 7. The van der Waals surface area contributed by atoms with Crippen LogP contribution in [0.5, 0.6) is 0 Å². The molecule has 0 aromatic heterocycles. The summed E-state index contributed by atoms with van der Waals surface area (Å²) in [7, 11) is 0. The molecule has 0 saturated heterocycles. The molecule has 280 valence electrons. The topological polar surface area (TPSA) is 72.8 Å². The molecule has 50 heavy (non-hydrogen) atoms. The van der Waals surface area contributed by atoms with Gasteiger partial charge in [-0.15, -0.1) is 0 Å². The van der Waals surface area contributed by atoms with Crippen LogP contribution in [0.2, 0.25) is 0 Å². The molecular formula is C45H70O5. The first-order valence-corrected chi connectivity index (χ1v) is 19.4. The fourth-order valence-corrected chi connectivity index (χ4v) is 4.64. The second kappa shape index (κ2) is 40.0. The van der Waals surface area contributed by atoms with Crippen molar-refractivity contribution in [2.75, 3.05) is 13.2 Å². The number of carbonyl (C=O) groups excluding carboxylic acids is 2. The first-order valence-electron chi connectivity index (χ1n) is 19.4. The first-order chi connectivity index (χ1) is 24.6. The summed E-state index contributed by atoms with van der Waals surface area (Å²) in [5.41, 5.74) is 0. The Kier molecular flexibility index (Phi) is 37.2. The largest absolute Gasteiger partial charge is 0.462 e. The van der Waals surface area contributed by atoms with E-state index in [1.165, 1.54) is 25.7 Å². The molecule has 1 atom stereocenters. The maximum atomic E-state index is 12.1. The van der Waals surface area contributed by atoms with Crippen molar-refractivity contribution in [3.05, 3.63) is 109 Å². The van der Waals surface area contributed by atoms with Crippen molar-refractivity contribution < 1.29 is 24.2 Å². The van der Waals surface area contributed by atoms with Gasteiger partial charge in [-0.05, 0) is 89.9 Å². The van der Waals surface area contributed by atoms with Crippen molar-refractivity contribution >= 4 is 11.9 Å². The Hall–Kier alpha value is -3.44. The van der Waals surface area contributed by atoms with Crippen molar-refractivity contribution in [1.82, 2.24) is 0 Å². The summed E-state index contributed by atoms with van der Waals surface area (Å²) in [6.07, 6.45) is 57.2. The maximum Gasteiger partial charge on any atom is 0.306 e. The number of allylic oxidation sites excluding steroid dienone is 18. The fourth-order valence-electron chi connectivity index (χ4n) is 4.64. The molecule has 0 aliphatic carbocycles. The van der Waals surface area contributed by atoms with Crippen LogP contribution < -0.4 is 0 Å². The number of rotatable bonds is 33. The Bertz CT molecular complexity index is 1050. The third-order valence-electron chi connectivity index (χ3n) is 7.56. The van der Waals surface area contributed by atoms with Gasteiger partial charge in [0.2, 0.25) is 0 Å². The van der Waals surface area contributed by atoms with Crippen LogP contribution in [0.15, 0.2) is 109 Å². The summed E-state index contributed by atoms with van der Waals surface area (Å²) in [6.45, 7) is 3.89. The molecule has 0 heterocycles. The molecule has 0 radical (unpaired) electrons. The highest BCUT2D eigenvalue weighted by Crippen LogP contribution is 2.08. The van der Waals surface area contributed by atoms with Gasteiger partial charge in [-0.25, -0.2) is 0 Å². The molecule has 5 nitrogen and oxygen atoms in total. The SMILES string of the molecule is CC/C=C\C/C=C\C/C=C\C/C=C\C/C=C\C/C=C\CCC(=O)O[C@@H](CO)COC(=O)CCCCCC/C=C\C/C=C\C/C=C\CCCCC. The number of hydrogen-bond donors (Lipinski definition) is 1. The number of aliphatic hydroxyl groups is 1. The average molecular weight is 691 g/mol. The van der Waals surface area contributed by atoms with E-state index in [4.69, 9.17) is 9.47 Å². The molecule has 0 spiro atoms. The second-order valence-electron chi connectivity index (χ2n) is 12.3. The van der Waals surface area contributed by atoms with Crippen molar-refractivity contribution in [3.8, 4) is 0 Å². The van der Waals surface area contributed by atoms with Gasteiger partial charge in [-0.2, -0.15) is 0 Å². The zero-order valence-electron chi connectivity index (χ0n) is 31.6. The lowest BCUT2D eigenvalue weighted by Gasteiger charge is -2.15. The van der Waals surface area contributed by atoms with Crippen LogP contribution in [0.25, 0.3) is 0 Å². The minimum Gasteiger partial charge on any atom is -0.462 e. The second-order valence-corrected chi connectivity index (χ2v) is 12.3. The lowest BCUT2D eigenvalue weighted by molar-refractivity contribution is -0.161. The molecule has 1 N–H and O–H groups in total. The number of aliphatic hydroxyl groups excluding tert-OH is 1. The van der Waals surface area contributed by atoms with Gasteiger partial charge in [0, 0.05) is 12.8 Å². The van der Waals surface area contributed by atoms with Crippen LogP contribution in [0.3, 0.4) is 0 Å². The standard InChI is InChI=1S/C45H70O5/c1-3-5-7-9-11-13-15-17-19-21-22-24-26-28-30-32-34-36-38-40-45(48)50-43(41-46)42-49-44(47)39-37-35-33-31-29-27-25-23-20-18-16-14-12-10-8-6-4-2/h5,7,11-14,17-20,22,24-25,27-28,30,34,36,43,46H,3-4,6,8-10,15-16,21,23,26,29,31-33,35,37-42H2,1-2H3/b7-5-,13-11-,14-12-,19-17-,20-18-,24-22-,27-25-,30-28-,36-34-/t43-/m0/s1. The van der Waals surface area contributed by atoms with Crippen molar-refractivity contribution in [3.63, 3.8) is 0 Å². The molecule has 0 aromatic rings. The summed E-state index contributed by atoms with van der Waals surface area (Å²) in [4.78, 5) is 24.2. The van der Waals surface area contributed by atoms with Crippen molar-refractivity contribution in [2.45, 2.75) is 148 Å². The van der Waals surface area contributed by atoms with Crippen molar-refractivity contribution in [2.24, 2.45) is 0 Å². The van der Waals surface area contributed by atoms with Gasteiger partial charge in [0.05, 0.1) is 6.61 Å². The minimum absolute atomic E-state index is 0.116. The van der Waals surface area contributed by atoms with Gasteiger partial charge in [0.15, 0.2) is 6.10 Å². The van der Waals surface area contributed by atoms with Crippen LogP contribution in [-0.4, -0.2) is 36.4 Å². The molecule has 0 aliphatic rings. The Morgan fingerprint density at radius 2 is 0.900 bits per heavy atom. The van der Waals surface area contributed by atoms with Gasteiger partial charge >= 0.3 is 11.9 Å². The van der Waals surface area contributed by atoms with E-state index < -0.39 is 12.1 Å². The lowest BCUT2D eigenvalue weighted by atomic mass is 10.1.